The molecule has 4 atom stereocenters. The molecule has 2 aromatic rings. The van der Waals surface area contributed by atoms with E-state index in [1.54, 1.807) is 6.92 Å². The zero-order valence-electron chi connectivity index (χ0n) is 16.1. The van der Waals surface area contributed by atoms with Gasteiger partial charge in [-0.25, -0.2) is 4.39 Å². The minimum atomic E-state index is -1.11. The number of carbonyl (C=O) groups is 2. The number of ether oxygens (including phenoxy) is 2. The van der Waals surface area contributed by atoms with Crippen LogP contribution in [0.4, 0.5) is 14.5 Å². The van der Waals surface area contributed by atoms with Gasteiger partial charge in [-0.3, -0.25) is 14.6 Å². The highest BCUT2D eigenvalue weighted by Crippen LogP contribution is 2.44. The van der Waals surface area contributed by atoms with Gasteiger partial charge in [0, 0.05) is 23.4 Å². The highest BCUT2D eigenvalue weighted by Gasteiger charge is 2.46. The number of carbonyl (C=O) groups excluding carboxylic acids is 2. The lowest BCUT2D eigenvalue weighted by Crippen LogP contribution is -2.33. The van der Waals surface area contributed by atoms with Crippen molar-refractivity contribution in [1.29, 1.82) is 0 Å². The summed E-state index contributed by atoms with van der Waals surface area (Å²) in [7, 11) is 1.24. The van der Waals surface area contributed by atoms with E-state index >= 15 is 0 Å². The van der Waals surface area contributed by atoms with Crippen molar-refractivity contribution >= 4 is 17.5 Å². The second-order valence-corrected chi connectivity index (χ2v) is 6.91. The fourth-order valence-electron chi connectivity index (χ4n) is 3.55. The van der Waals surface area contributed by atoms with Crippen LogP contribution >= 0.6 is 0 Å². The van der Waals surface area contributed by atoms with Crippen LogP contribution in [-0.4, -0.2) is 36.1 Å². The Labute approximate surface area is 166 Å². The molecule has 1 fully saturated rings. The Morgan fingerprint density at radius 2 is 1.97 bits per heavy atom. The number of benzene rings is 1. The van der Waals surface area contributed by atoms with Gasteiger partial charge in [-0.05, 0) is 31.0 Å². The molecule has 29 heavy (non-hydrogen) atoms. The number of pyridine rings is 1. The topological polar surface area (TPSA) is 104 Å². The van der Waals surface area contributed by atoms with Gasteiger partial charge in [0.1, 0.15) is 11.8 Å². The van der Waals surface area contributed by atoms with Gasteiger partial charge in [-0.2, -0.15) is 4.39 Å². The number of nitrogens with two attached hydrogens (primary N) is 1. The van der Waals surface area contributed by atoms with E-state index < -0.39 is 35.5 Å². The molecule has 7 nitrogen and oxygen atoms in total. The maximum atomic E-state index is 14.2. The van der Waals surface area contributed by atoms with Gasteiger partial charge >= 0.3 is 0 Å². The average molecular weight is 405 g/mol. The number of methoxy groups -OCH3 is 1. The molecule has 0 spiro atoms. The van der Waals surface area contributed by atoms with Gasteiger partial charge in [0.2, 0.25) is 5.82 Å². The second-order valence-electron chi connectivity index (χ2n) is 6.91. The minimum Gasteiger partial charge on any atom is -0.493 e. The second kappa shape index (κ2) is 8.12. The first-order valence-corrected chi connectivity index (χ1v) is 8.98. The molecule has 3 rings (SSSR count). The van der Waals surface area contributed by atoms with E-state index in [-0.39, 0.29) is 23.5 Å². The number of halogens is 2. The van der Waals surface area contributed by atoms with Crippen LogP contribution in [0.1, 0.15) is 35.8 Å². The molecule has 0 aliphatic carbocycles. The highest BCUT2D eigenvalue weighted by atomic mass is 19.2. The van der Waals surface area contributed by atoms with Crippen LogP contribution in [0.3, 0.4) is 0 Å². The highest BCUT2D eigenvalue weighted by molar-refractivity contribution is 5.97. The number of hydrogen-bond donors (Lipinski definition) is 2. The number of rotatable bonds is 5. The predicted molar refractivity (Wildman–Crippen MR) is 101 cm³/mol. The maximum Gasteiger partial charge on any atom is 0.267 e. The van der Waals surface area contributed by atoms with Crippen LogP contribution in [0.2, 0.25) is 0 Å². The largest absolute Gasteiger partial charge is 0.493 e. The zero-order valence-corrected chi connectivity index (χ0v) is 16.1. The van der Waals surface area contributed by atoms with Crippen molar-refractivity contribution in [2.45, 2.75) is 32.0 Å². The van der Waals surface area contributed by atoms with Gasteiger partial charge in [-0.1, -0.05) is 13.0 Å². The van der Waals surface area contributed by atoms with Crippen molar-refractivity contribution in [3.8, 4) is 5.75 Å². The molecule has 2 amide bonds. The first-order valence-electron chi connectivity index (χ1n) is 8.98. The smallest absolute Gasteiger partial charge is 0.267 e. The van der Waals surface area contributed by atoms with E-state index in [4.69, 9.17) is 15.2 Å². The molecular formula is C20H21F2N3O4. The Hall–Kier alpha value is -3.07. The number of anilines is 1. The molecule has 3 N–H and O–H groups in total. The average Bonchev–Trinajstić information content (AvgIpc) is 2.99. The molecule has 1 aliphatic heterocycles. The molecule has 0 saturated carbocycles. The molecule has 1 aromatic heterocycles. The lowest BCUT2D eigenvalue weighted by molar-refractivity contribution is -0.127. The van der Waals surface area contributed by atoms with Crippen molar-refractivity contribution < 1.29 is 27.8 Å². The standard InChI is InChI=1S/C20H21F2N3O4/c1-9-10(2)29-18(15(9)12-4-5-13(21)16(22)17(12)28-3)20(27)25-11-6-7-24-14(8-11)19(23)26/h4-10,15,18H,1-3H3,(H2,23,26)(H,24,25,27)/t9-,10-,15+,18+/m0/s1. The molecule has 1 saturated heterocycles. The van der Waals surface area contributed by atoms with Gasteiger partial charge in [0.25, 0.3) is 11.8 Å². The van der Waals surface area contributed by atoms with E-state index in [1.807, 2.05) is 6.92 Å². The summed E-state index contributed by atoms with van der Waals surface area (Å²) < 4.78 is 38.8. The zero-order chi connectivity index (χ0) is 21.3. The number of aromatic nitrogens is 1. The molecule has 0 bridgehead atoms. The molecule has 2 heterocycles. The lowest BCUT2D eigenvalue weighted by Gasteiger charge is -2.23. The van der Waals surface area contributed by atoms with E-state index in [1.165, 1.54) is 31.5 Å². The Balaban J connectivity index is 1.94. The van der Waals surface area contributed by atoms with Crippen LogP contribution in [0.5, 0.6) is 5.75 Å². The van der Waals surface area contributed by atoms with Crippen LogP contribution in [0, 0.1) is 17.6 Å². The Kier molecular flexibility index (Phi) is 5.78. The summed E-state index contributed by atoms with van der Waals surface area (Å²) in [5, 5.41) is 2.66. The molecule has 0 radical (unpaired) electrons. The molecule has 0 unspecified atom stereocenters. The lowest BCUT2D eigenvalue weighted by atomic mass is 9.82. The summed E-state index contributed by atoms with van der Waals surface area (Å²) in [6, 6.07) is 5.24. The molecule has 9 heteroatoms. The first-order chi connectivity index (χ1) is 13.7. The SMILES string of the molecule is COc1c([C@H]2[C@@H](C)[C@H](C)O[C@H]2C(=O)Nc2ccnc(C(N)=O)c2)ccc(F)c1F. The van der Waals surface area contributed by atoms with Crippen LogP contribution in [0.15, 0.2) is 30.5 Å². The summed E-state index contributed by atoms with van der Waals surface area (Å²) in [6.07, 6.45) is 0.0444. The van der Waals surface area contributed by atoms with Crippen LogP contribution in [-0.2, 0) is 9.53 Å². The number of primary amides is 1. The van der Waals surface area contributed by atoms with Crippen LogP contribution in [0.25, 0.3) is 0 Å². The Morgan fingerprint density at radius 1 is 1.24 bits per heavy atom. The Bertz CT molecular complexity index is 953. The van der Waals surface area contributed by atoms with Gasteiger partial charge < -0.3 is 20.5 Å². The number of hydrogen-bond acceptors (Lipinski definition) is 5. The van der Waals surface area contributed by atoms with E-state index in [0.717, 1.165) is 6.07 Å². The molecule has 1 aromatic carbocycles. The normalized spacial score (nSPS) is 23.6. The summed E-state index contributed by atoms with van der Waals surface area (Å²) >= 11 is 0. The number of nitrogens with zero attached hydrogens (tertiary/aromatic N) is 1. The quantitative estimate of drug-likeness (QED) is 0.796. The van der Waals surface area contributed by atoms with Gasteiger partial charge in [-0.15, -0.1) is 0 Å². The summed E-state index contributed by atoms with van der Waals surface area (Å²) in [4.78, 5) is 28.1. The summed E-state index contributed by atoms with van der Waals surface area (Å²) in [5.41, 5.74) is 5.86. The van der Waals surface area contributed by atoms with Crippen molar-refractivity contribution in [2.24, 2.45) is 11.7 Å². The first kappa shape index (κ1) is 20.7. The van der Waals surface area contributed by atoms with Crippen molar-refractivity contribution in [2.75, 3.05) is 12.4 Å². The van der Waals surface area contributed by atoms with E-state index in [2.05, 4.69) is 10.3 Å². The monoisotopic (exact) mass is 405 g/mol. The molecular weight excluding hydrogens is 384 g/mol. The van der Waals surface area contributed by atoms with E-state index in [9.17, 15) is 18.4 Å². The third-order valence-corrected chi connectivity index (χ3v) is 5.18. The summed E-state index contributed by atoms with van der Waals surface area (Å²) in [5.74, 6) is -4.39. The Morgan fingerprint density at radius 3 is 2.62 bits per heavy atom. The fourth-order valence-corrected chi connectivity index (χ4v) is 3.55. The third kappa shape index (κ3) is 3.91. The number of nitrogens with one attached hydrogen (secondary N) is 1. The summed E-state index contributed by atoms with van der Waals surface area (Å²) in [6.45, 7) is 3.66. The maximum absolute atomic E-state index is 14.2. The number of amides is 2. The molecule has 1 aliphatic rings. The minimum absolute atomic E-state index is 0.00398. The third-order valence-electron chi connectivity index (χ3n) is 5.18. The van der Waals surface area contributed by atoms with Crippen LogP contribution < -0.4 is 15.8 Å². The van der Waals surface area contributed by atoms with Gasteiger partial charge in [0.15, 0.2) is 11.6 Å². The van der Waals surface area contributed by atoms with Crippen molar-refractivity contribution in [1.82, 2.24) is 4.98 Å². The van der Waals surface area contributed by atoms with Gasteiger partial charge in [0.05, 0.1) is 13.2 Å². The van der Waals surface area contributed by atoms with Crippen molar-refractivity contribution in [3.05, 3.63) is 53.4 Å². The fraction of sp³-hybridized carbons (Fsp3) is 0.350. The predicted octanol–water partition coefficient (Wildman–Crippen LogP) is 2.61. The van der Waals surface area contributed by atoms with Crippen molar-refractivity contribution in [3.63, 3.8) is 0 Å². The van der Waals surface area contributed by atoms with E-state index in [0.29, 0.717) is 11.3 Å². The molecule has 154 valence electrons.